The lowest BCUT2D eigenvalue weighted by Gasteiger charge is -2.22. The molecule has 0 spiro atoms. The lowest BCUT2D eigenvalue weighted by Crippen LogP contribution is -2.26. The van der Waals surface area contributed by atoms with E-state index in [9.17, 15) is 9.59 Å². The summed E-state index contributed by atoms with van der Waals surface area (Å²) < 4.78 is 1.66. The van der Waals surface area contributed by atoms with E-state index in [1.807, 2.05) is 55.5 Å². The largest absolute Gasteiger partial charge is 0.361 e. The minimum atomic E-state index is -0.339. The van der Waals surface area contributed by atoms with Crippen molar-refractivity contribution in [2.75, 3.05) is 5.32 Å². The van der Waals surface area contributed by atoms with E-state index in [1.54, 1.807) is 16.8 Å². The van der Waals surface area contributed by atoms with Gasteiger partial charge in [0.15, 0.2) is 5.78 Å². The highest BCUT2D eigenvalue weighted by Crippen LogP contribution is 2.30. The van der Waals surface area contributed by atoms with Crippen LogP contribution in [0, 0.1) is 0 Å². The number of ketones is 1. The van der Waals surface area contributed by atoms with Gasteiger partial charge >= 0.3 is 0 Å². The van der Waals surface area contributed by atoms with Crippen molar-refractivity contribution in [3.8, 4) is 5.69 Å². The third-order valence-electron chi connectivity index (χ3n) is 5.68. The van der Waals surface area contributed by atoms with Gasteiger partial charge in [-0.15, -0.1) is 0 Å². The first kappa shape index (κ1) is 20.9. The van der Waals surface area contributed by atoms with Crippen LogP contribution < -0.4 is 10.9 Å². The number of carbonyl (C=O) groups is 1. The number of hydrogen-bond donors (Lipinski definition) is 2. The Morgan fingerprint density at radius 1 is 1.09 bits per heavy atom. The normalized spacial score (nSPS) is 12.2. The molecule has 7 nitrogen and oxygen atoms in total. The maximum absolute atomic E-state index is 13.6. The molecule has 0 saturated carbocycles. The highest BCUT2D eigenvalue weighted by molar-refractivity contribution is 6.35. The first-order valence-electron chi connectivity index (χ1n) is 10.4. The van der Waals surface area contributed by atoms with Gasteiger partial charge in [0.2, 0.25) is 0 Å². The molecule has 164 valence electrons. The lowest BCUT2D eigenvalue weighted by atomic mass is 10.1. The highest BCUT2D eigenvalue weighted by atomic mass is 35.5. The standard InChI is InChI=1S/C25H20ClN5O2/c1-14(30-24-22-18(15(2)32)12-27-23(22)28-13-29-24)20-11-16-7-6-10-19(26)21(16)25(33)31(20)17-8-4-3-5-9-17/h3-14H,1-2H3,(H2,27,28,29,30)/t14-/m0/s1. The van der Waals surface area contributed by atoms with Gasteiger partial charge in [0.1, 0.15) is 17.8 Å². The summed E-state index contributed by atoms with van der Waals surface area (Å²) in [5.74, 6) is 0.422. The molecule has 8 heteroatoms. The molecule has 0 aliphatic rings. The smallest absolute Gasteiger partial charge is 0.264 e. The van der Waals surface area contributed by atoms with Crippen LogP contribution in [0.2, 0.25) is 5.02 Å². The number of hydrogen-bond acceptors (Lipinski definition) is 5. The van der Waals surface area contributed by atoms with Gasteiger partial charge in [-0.25, -0.2) is 9.97 Å². The Balaban J connectivity index is 1.71. The van der Waals surface area contributed by atoms with E-state index in [2.05, 4.69) is 20.3 Å². The van der Waals surface area contributed by atoms with Crippen LogP contribution in [-0.4, -0.2) is 25.3 Å². The number of para-hydroxylation sites is 1. The summed E-state index contributed by atoms with van der Waals surface area (Å²) in [5, 5.41) is 5.63. The van der Waals surface area contributed by atoms with Crippen molar-refractivity contribution in [2.45, 2.75) is 19.9 Å². The molecule has 2 aromatic carbocycles. The first-order valence-corrected chi connectivity index (χ1v) is 10.8. The van der Waals surface area contributed by atoms with Gasteiger partial charge in [0, 0.05) is 23.1 Å². The summed E-state index contributed by atoms with van der Waals surface area (Å²) in [6.07, 6.45) is 3.07. The zero-order chi connectivity index (χ0) is 23.1. The number of fused-ring (bicyclic) bond motifs is 2. The second kappa shape index (κ2) is 8.18. The number of rotatable bonds is 5. The maximum Gasteiger partial charge on any atom is 0.264 e. The average Bonchev–Trinajstić information content (AvgIpc) is 3.25. The number of aromatic amines is 1. The van der Waals surface area contributed by atoms with E-state index in [0.717, 1.165) is 16.8 Å². The van der Waals surface area contributed by atoms with E-state index >= 15 is 0 Å². The lowest BCUT2D eigenvalue weighted by molar-refractivity contribution is 0.101. The van der Waals surface area contributed by atoms with Gasteiger partial charge in [-0.3, -0.25) is 14.2 Å². The van der Waals surface area contributed by atoms with Crippen LogP contribution in [-0.2, 0) is 0 Å². The molecule has 5 rings (SSSR count). The number of H-pyrrole nitrogens is 1. The monoisotopic (exact) mass is 457 g/mol. The molecule has 0 radical (unpaired) electrons. The minimum Gasteiger partial charge on any atom is -0.361 e. The maximum atomic E-state index is 13.6. The van der Waals surface area contributed by atoms with Gasteiger partial charge in [0.25, 0.3) is 5.56 Å². The molecule has 0 fully saturated rings. The van der Waals surface area contributed by atoms with Crippen LogP contribution in [0.3, 0.4) is 0 Å². The quantitative estimate of drug-likeness (QED) is 0.350. The van der Waals surface area contributed by atoms with Crippen molar-refractivity contribution < 1.29 is 4.79 Å². The Labute approximate surface area is 194 Å². The number of carbonyl (C=O) groups excluding carboxylic acids is 1. The van der Waals surface area contributed by atoms with Crippen LogP contribution in [0.4, 0.5) is 5.82 Å². The Bertz CT molecular complexity index is 1570. The molecule has 0 amide bonds. The van der Waals surface area contributed by atoms with Gasteiger partial charge in [0.05, 0.1) is 21.8 Å². The summed E-state index contributed by atoms with van der Waals surface area (Å²) in [6.45, 7) is 3.45. The number of anilines is 1. The average molecular weight is 458 g/mol. The van der Waals surface area contributed by atoms with Crippen molar-refractivity contribution in [1.82, 2.24) is 19.5 Å². The van der Waals surface area contributed by atoms with Crippen LogP contribution in [0.15, 0.2) is 71.9 Å². The number of halogens is 1. The van der Waals surface area contributed by atoms with Gasteiger partial charge in [-0.1, -0.05) is 41.9 Å². The zero-order valence-corrected chi connectivity index (χ0v) is 18.7. The van der Waals surface area contributed by atoms with Crippen LogP contribution >= 0.6 is 11.6 Å². The minimum absolute atomic E-state index is 0.0895. The third-order valence-corrected chi connectivity index (χ3v) is 6.00. The number of Topliss-reactive ketones (excluding diaryl/α,β-unsaturated/α-hetero) is 1. The fraction of sp³-hybridized carbons (Fsp3) is 0.120. The topological polar surface area (TPSA) is 92.7 Å². The Morgan fingerprint density at radius 3 is 2.64 bits per heavy atom. The van der Waals surface area contributed by atoms with Crippen molar-refractivity contribution in [1.29, 1.82) is 0 Å². The van der Waals surface area contributed by atoms with E-state index in [0.29, 0.717) is 32.8 Å². The van der Waals surface area contributed by atoms with Gasteiger partial charge in [-0.2, -0.15) is 0 Å². The summed E-state index contributed by atoms with van der Waals surface area (Å²) in [5.41, 5.74) is 2.33. The number of benzene rings is 2. The molecular formula is C25H20ClN5O2. The Hall–Kier alpha value is -3.97. The highest BCUT2D eigenvalue weighted by Gasteiger charge is 2.20. The molecule has 5 aromatic rings. The summed E-state index contributed by atoms with van der Waals surface area (Å²) in [7, 11) is 0. The molecule has 0 saturated heterocycles. The molecule has 0 unspecified atom stereocenters. The number of pyridine rings is 1. The molecule has 0 bridgehead atoms. The second-order valence-corrected chi connectivity index (χ2v) is 8.23. The van der Waals surface area contributed by atoms with Crippen molar-refractivity contribution in [3.63, 3.8) is 0 Å². The predicted molar refractivity (Wildman–Crippen MR) is 130 cm³/mol. The van der Waals surface area contributed by atoms with Crippen molar-refractivity contribution >= 4 is 45.0 Å². The van der Waals surface area contributed by atoms with Crippen LogP contribution in [0.5, 0.6) is 0 Å². The number of nitrogens with one attached hydrogen (secondary N) is 2. The van der Waals surface area contributed by atoms with E-state index in [1.165, 1.54) is 13.3 Å². The first-order chi connectivity index (χ1) is 16.0. The predicted octanol–water partition coefficient (Wildman–Crippen LogP) is 5.29. The SMILES string of the molecule is CC(=O)c1c[nH]c2ncnc(N[C@@H](C)c3cc4cccc(Cl)c4c(=O)n3-c3ccccc3)c12. The molecular weight excluding hydrogens is 438 g/mol. The molecule has 0 aliphatic carbocycles. The van der Waals surface area contributed by atoms with Gasteiger partial charge in [-0.05, 0) is 43.5 Å². The fourth-order valence-electron chi connectivity index (χ4n) is 4.13. The number of nitrogens with zero attached hydrogens (tertiary/aromatic N) is 3. The zero-order valence-electron chi connectivity index (χ0n) is 18.0. The molecule has 0 aliphatic heterocycles. The van der Waals surface area contributed by atoms with Crippen LogP contribution in [0.25, 0.3) is 27.5 Å². The summed E-state index contributed by atoms with van der Waals surface area (Å²) in [6, 6.07) is 16.4. The van der Waals surface area contributed by atoms with E-state index in [-0.39, 0.29) is 17.4 Å². The Kier molecular flexibility index (Phi) is 5.18. The van der Waals surface area contributed by atoms with Crippen LogP contribution in [0.1, 0.15) is 35.9 Å². The second-order valence-electron chi connectivity index (χ2n) is 7.82. The fourth-order valence-corrected chi connectivity index (χ4v) is 4.39. The molecule has 2 N–H and O–H groups in total. The van der Waals surface area contributed by atoms with Crippen molar-refractivity contribution in [3.05, 3.63) is 93.8 Å². The van der Waals surface area contributed by atoms with Crippen molar-refractivity contribution in [2.24, 2.45) is 0 Å². The van der Waals surface area contributed by atoms with E-state index in [4.69, 9.17) is 11.6 Å². The molecule has 33 heavy (non-hydrogen) atoms. The molecule has 3 aromatic heterocycles. The number of aromatic nitrogens is 4. The summed E-state index contributed by atoms with van der Waals surface area (Å²) >= 11 is 6.40. The Morgan fingerprint density at radius 2 is 1.88 bits per heavy atom. The summed E-state index contributed by atoms with van der Waals surface area (Å²) in [4.78, 5) is 37.4. The van der Waals surface area contributed by atoms with Gasteiger partial charge < -0.3 is 10.3 Å². The van der Waals surface area contributed by atoms with E-state index < -0.39 is 0 Å². The molecule has 3 heterocycles. The molecule has 1 atom stereocenters. The third kappa shape index (κ3) is 3.56.